The zero-order valence-corrected chi connectivity index (χ0v) is 15.7. The molecule has 0 spiro atoms. The van der Waals surface area contributed by atoms with Crippen LogP contribution in [0.1, 0.15) is 16.7 Å². The fourth-order valence-corrected chi connectivity index (χ4v) is 4.39. The monoisotopic (exact) mass is 381 g/mol. The van der Waals surface area contributed by atoms with E-state index in [4.69, 9.17) is 11.6 Å². The first kappa shape index (κ1) is 17.1. The van der Waals surface area contributed by atoms with Crippen molar-refractivity contribution in [3.8, 4) is 0 Å². The lowest BCUT2D eigenvalue weighted by Crippen LogP contribution is -2.33. The number of nitrogens with zero attached hydrogens (tertiary/aromatic N) is 3. The molecule has 5 nitrogen and oxygen atoms in total. The Hall–Kier alpha value is -1.70. The topological polar surface area (TPSA) is 55.2 Å². The van der Waals surface area contributed by atoms with E-state index in [9.17, 15) is 9.59 Å². The van der Waals surface area contributed by atoms with Gasteiger partial charge >= 0.3 is 0 Å². The lowest BCUT2D eigenvalue weighted by atomic mass is 10.3. The molecule has 8 heteroatoms. The normalized spacial score (nSPS) is 11.1. The summed E-state index contributed by atoms with van der Waals surface area (Å²) in [5.41, 5.74) is -0.170. The highest BCUT2D eigenvalue weighted by atomic mass is 35.5. The first-order chi connectivity index (χ1) is 11.5. The van der Waals surface area contributed by atoms with E-state index < -0.39 is 0 Å². The van der Waals surface area contributed by atoms with Crippen LogP contribution in [0.5, 0.6) is 0 Å². The highest BCUT2D eigenvalue weighted by Crippen LogP contribution is 2.23. The average molecular weight is 382 g/mol. The summed E-state index contributed by atoms with van der Waals surface area (Å²) in [6.45, 7) is 2.49. The second-order valence-corrected chi connectivity index (χ2v) is 8.33. The van der Waals surface area contributed by atoms with E-state index in [1.807, 2.05) is 25.1 Å². The van der Waals surface area contributed by atoms with Crippen molar-refractivity contribution in [3.05, 3.63) is 49.0 Å². The van der Waals surface area contributed by atoms with E-state index in [1.165, 1.54) is 33.6 Å². The number of rotatable bonds is 5. The molecule has 0 aliphatic carbocycles. The number of carbonyl (C=O) groups excluding carboxylic acids is 1. The number of thiophene rings is 2. The van der Waals surface area contributed by atoms with Gasteiger partial charge in [0.1, 0.15) is 11.4 Å². The van der Waals surface area contributed by atoms with Crippen molar-refractivity contribution >= 4 is 50.4 Å². The van der Waals surface area contributed by atoms with Crippen molar-refractivity contribution in [1.29, 1.82) is 0 Å². The van der Waals surface area contributed by atoms with Crippen molar-refractivity contribution in [2.45, 2.75) is 26.4 Å². The molecule has 0 N–H and O–H groups in total. The number of fused-ring (bicyclic) bond motifs is 1. The molecule has 0 aliphatic rings. The minimum Gasteiger partial charge on any atom is -0.339 e. The number of hydrogen-bond donors (Lipinski definition) is 0. The summed E-state index contributed by atoms with van der Waals surface area (Å²) in [6.07, 6.45) is 2.32. The maximum atomic E-state index is 12.5. The lowest BCUT2D eigenvalue weighted by Gasteiger charge is -2.16. The number of amides is 1. The molecule has 0 aromatic carbocycles. The summed E-state index contributed by atoms with van der Waals surface area (Å²) >= 11 is 8.87. The van der Waals surface area contributed by atoms with Crippen LogP contribution in [-0.2, 0) is 24.3 Å². The Balaban J connectivity index is 1.77. The number of hydrogen-bond acceptors (Lipinski definition) is 5. The van der Waals surface area contributed by atoms with Gasteiger partial charge in [-0.05, 0) is 24.6 Å². The maximum absolute atomic E-state index is 12.5. The van der Waals surface area contributed by atoms with Gasteiger partial charge in [0.15, 0.2) is 0 Å². The van der Waals surface area contributed by atoms with Gasteiger partial charge < -0.3 is 4.90 Å². The van der Waals surface area contributed by atoms with Gasteiger partial charge in [-0.25, -0.2) is 4.98 Å². The fourth-order valence-electron chi connectivity index (χ4n) is 2.32. The van der Waals surface area contributed by atoms with Crippen molar-refractivity contribution in [3.63, 3.8) is 0 Å². The molecule has 0 fully saturated rings. The first-order valence-corrected chi connectivity index (χ1v) is 9.45. The number of aromatic nitrogens is 2. The van der Waals surface area contributed by atoms with Gasteiger partial charge in [-0.3, -0.25) is 14.2 Å². The highest BCUT2D eigenvalue weighted by Gasteiger charge is 2.14. The van der Waals surface area contributed by atoms with Gasteiger partial charge in [-0.15, -0.1) is 22.7 Å². The smallest absolute Gasteiger partial charge is 0.262 e. The van der Waals surface area contributed by atoms with Crippen LogP contribution >= 0.6 is 34.3 Å². The third-order valence-electron chi connectivity index (χ3n) is 3.67. The van der Waals surface area contributed by atoms with Crippen LogP contribution in [0.3, 0.4) is 0 Å². The van der Waals surface area contributed by atoms with Gasteiger partial charge in [0.05, 0.1) is 22.6 Å². The van der Waals surface area contributed by atoms with Gasteiger partial charge in [0.2, 0.25) is 5.91 Å². The Labute approximate surface area is 152 Å². The third-order valence-corrected chi connectivity index (χ3v) is 6.07. The van der Waals surface area contributed by atoms with Crippen LogP contribution in [0.25, 0.3) is 10.2 Å². The predicted molar refractivity (Wildman–Crippen MR) is 99.1 cm³/mol. The quantitative estimate of drug-likeness (QED) is 0.680. The maximum Gasteiger partial charge on any atom is 0.262 e. The molecule has 0 bridgehead atoms. The summed E-state index contributed by atoms with van der Waals surface area (Å²) in [4.78, 5) is 33.6. The second kappa shape index (κ2) is 7.04. The van der Waals surface area contributed by atoms with Crippen LogP contribution in [0.4, 0.5) is 0 Å². The molecule has 3 aromatic heterocycles. The molecule has 24 heavy (non-hydrogen) atoms. The standard InChI is InChI=1S/C16H16ClN3O2S2/c1-3-10-6-12-15(24-10)18-9-20(16(12)22)8-14(21)19(2)7-11-4-5-13(17)23-11/h4-6,9H,3,7-8H2,1-2H3. The van der Waals surface area contributed by atoms with Crippen LogP contribution < -0.4 is 5.56 Å². The van der Waals surface area contributed by atoms with Crippen LogP contribution in [0.15, 0.2) is 29.3 Å². The largest absolute Gasteiger partial charge is 0.339 e. The Morgan fingerprint density at radius 2 is 2.12 bits per heavy atom. The molecule has 126 valence electrons. The number of aryl methyl sites for hydroxylation is 1. The van der Waals surface area contributed by atoms with Crippen molar-refractivity contribution < 1.29 is 4.79 Å². The van der Waals surface area contributed by atoms with E-state index in [-0.39, 0.29) is 18.0 Å². The van der Waals surface area contributed by atoms with E-state index in [0.29, 0.717) is 16.3 Å². The summed E-state index contributed by atoms with van der Waals surface area (Å²) in [5.74, 6) is -0.145. The van der Waals surface area contributed by atoms with Crippen LogP contribution in [0, 0.1) is 0 Å². The molecule has 0 atom stereocenters. The van der Waals surface area contributed by atoms with Gasteiger partial charge in [-0.1, -0.05) is 18.5 Å². The molecular weight excluding hydrogens is 366 g/mol. The number of halogens is 1. The van der Waals surface area contributed by atoms with Gasteiger partial charge in [-0.2, -0.15) is 0 Å². The lowest BCUT2D eigenvalue weighted by molar-refractivity contribution is -0.131. The van der Waals surface area contributed by atoms with E-state index in [0.717, 1.165) is 21.0 Å². The zero-order chi connectivity index (χ0) is 17.3. The summed E-state index contributed by atoms with van der Waals surface area (Å²) in [5, 5.41) is 0.583. The minimum absolute atomic E-state index is 0.0192. The van der Waals surface area contributed by atoms with E-state index in [2.05, 4.69) is 4.98 Å². The van der Waals surface area contributed by atoms with Crippen molar-refractivity contribution in [1.82, 2.24) is 14.5 Å². The minimum atomic E-state index is -0.170. The number of likely N-dealkylation sites (N-methyl/N-ethyl adjacent to an activating group) is 1. The molecule has 1 amide bonds. The zero-order valence-electron chi connectivity index (χ0n) is 13.3. The summed E-state index contributed by atoms with van der Waals surface area (Å²) < 4.78 is 2.07. The van der Waals surface area contributed by atoms with Crippen molar-refractivity contribution in [2.75, 3.05) is 7.05 Å². The van der Waals surface area contributed by atoms with Crippen LogP contribution in [0.2, 0.25) is 4.34 Å². The SMILES string of the molecule is CCc1cc2c(=O)n(CC(=O)N(C)Cc3ccc(Cl)s3)cnc2s1. The van der Waals surface area contributed by atoms with Gasteiger partial charge in [0.25, 0.3) is 5.56 Å². The first-order valence-electron chi connectivity index (χ1n) is 7.44. The van der Waals surface area contributed by atoms with Crippen LogP contribution in [-0.4, -0.2) is 27.4 Å². The molecule has 0 saturated carbocycles. The molecule has 0 aliphatic heterocycles. The molecule has 3 aromatic rings. The second-order valence-electron chi connectivity index (χ2n) is 5.42. The third kappa shape index (κ3) is 3.53. The Morgan fingerprint density at radius 3 is 2.79 bits per heavy atom. The molecule has 0 saturated heterocycles. The van der Waals surface area contributed by atoms with Crippen molar-refractivity contribution in [2.24, 2.45) is 0 Å². The fraction of sp³-hybridized carbons (Fsp3) is 0.312. The number of carbonyl (C=O) groups is 1. The molecule has 3 heterocycles. The summed E-state index contributed by atoms with van der Waals surface area (Å²) in [6, 6.07) is 5.58. The predicted octanol–water partition coefficient (Wildman–Crippen LogP) is 3.39. The van der Waals surface area contributed by atoms with E-state index >= 15 is 0 Å². The Kier molecular flexibility index (Phi) is 5.03. The molecule has 3 rings (SSSR count). The van der Waals surface area contributed by atoms with E-state index in [1.54, 1.807) is 11.9 Å². The van der Waals surface area contributed by atoms with Gasteiger partial charge in [0, 0.05) is 16.8 Å². The average Bonchev–Trinajstić information content (AvgIpc) is 3.16. The molecule has 0 unspecified atom stereocenters. The highest BCUT2D eigenvalue weighted by molar-refractivity contribution is 7.18. The molecular formula is C16H16ClN3O2S2. The Morgan fingerprint density at radius 1 is 1.33 bits per heavy atom. The Bertz CT molecular complexity index is 944. The molecule has 0 radical (unpaired) electrons. The summed E-state index contributed by atoms with van der Waals surface area (Å²) in [7, 11) is 1.72.